The number of aromatic nitrogens is 3. The third-order valence-corrected chi connectivity index (χ3v) is 2.32. The van der Waals surface area contributed by atoms with Crippen molar-refractivity contribution in [1.29, 1.82) is 0 Å². The molecule has 0 saturated heterocycles. The van der Waals surface area contributed by atoms with Crippen molar-refractivity contribution in [3.05, 3.63) is 24.0 Å². The molecule has 1 atom stereocenters. The maximum atomic E-state index is 10.7. The predicted molar refractivity (Wildman–Crippen MR) is 54.4 cm³/mol. The Morgan fingerprint density at radius 3 is 3.20 bits per heavy atom. The number of carboxylic acid groups (broad SMARTS) is 1. The van der Waals surface area contributed by atoms with Crippen molar-refractivity contribution < 1.29 is 9.90 Å². The highest BCUT2D eigenvalue weighted by Crippen LogP contribution is 2.15. The molecule has 0 saturated carbocycles. The zero-order valence-electron chi connectivity index (χ0n) is 8.27. The van der Waals surface area contributed by atoms with Crippen LogP contribution in [0.25, 0.3) is 11.0 Å². The Balaban J connectivity index is 2.32. The van der Waals surface area contributed by atoms with Crippen LogP contribution >= 0.6 is 0 Å². The van der Waals surface area contributed by atoms with E-state index in [2.05, 4.69) is 15.2 Å². The number of nitrogens with one attached hydrogen (secondary N) is 1. The third kappa shape index (κ3) is 1.81. The van der Waals surface area contributed by atoms with Crippen LogP contribution in [0, 0.1) is 5.92 Å². The number of aliphatic carboxylic acids is 1. The molecule has 2 aromatic rings. The first-order chi connectivity index (χ1) is 7.18. The van der Waals surface area contributed by atoms with E-state index in [4.69, 9.17) is 5.11 Å². The first-order valence-corrected chi connectivity index (χ1v) is 4.69. The fraction of sp³-hybridized carbons (Fsp3) is 0.300. The summed E-state index contributed by atoms with van der Waals surface area (Å²) in [6.07, 6.45) is 2.09. The minimum absolute atomic E-state index is 0.419. The Kier molecular flexibility index (Phi) is 2.37. The normalized spacial score (nSPS) is 12.9. The number of fused-ring (bicyclic) bond motifs is 1. The van der Waals surface area contributed by atoms with Crippen LogP contribution < -0.4 is 0 Å². The largest absolute Gasteiger partial charge is 0.481 e. The van der Waals surface area contributed by atoms with Crippen molar-refractivity contribution in [2.45, 2.75) is 13.3 Å². The molecular formula is C10H11N3O2. The fourth-order valence-electron chi connectivity index (χ4n) is 1.44. The lowest BCUT2D eigenvalue weighted by molar-refractivity contribution is -0.141. The Morgan fingerprint density at radius 2 is 2.47 bits per heavy atom. The highest BCUT2D eigenvalue weighted by Gasteiger charge is 2.15. The SMILES string of the molecule is CC(Cc1[nH]nc2cccnc12)C(=O)O. The molecule has 2 aromatic heterocycles. The van der Waals surface area contributed by atoms with Gasteiger partial charge in [-0.05, 0) is 12.1 Å². The molecule has 2 N–H and O–H groups in total. The van der Waals surface area contributed by atoms with Gasteiger partial charge in [-0.1, -0.05) is 6.92 Å². The van der Waals surface area contributed by atoms with Crippen molar-refractivity contribution in [1.82, 2.24) is 15.2 Å². The highest BCUT2D eigenvalue weighted by atomic mass is 16.4. The fourth-order valence-corrected chi connectivity index (χ4v) is 1.44. The van der Waals surface area contributed by atoms with Gasteiger partial charge in [0.1, 0.15) is 11.0 Å². The second-order valence-corrected chi connectivity index (χ2v) is 3.52. The molecule has 0 bridgehead atoms. The Labute approximate surface area is 86.1 Å². The Hall–Kier alpha value is -1.91. The zero-order chi connectivity index (χ0) is 10.8. The third-order valence-electron chi connectivity index (χ3n) is 2.32. The molecular weight excluding hydrogens is 194 g/mol. The minimum Gasteiger partial charge on any atom is -0.481 e. The van der Waals surface area contributed by atoms with Crippen LogP contribution in [-0.4, -0.2) is 26.3 Å². The molecule has 2 heterocycles. The van der Waals surface area contributed by atoms with Gasteiger partial charge >= 0.3 is 5.97 Å². The summed E-state index contributed by atoms with van der Waals surface area (Å²) in [5, 5.41) is 15.7. The number of carbonyl (C=O) groups is 1. The van der Waals surface area contributed by atoms with Crippen LogP contribution in [0.4, 0.5) is 0 Å². The molecule has 0 amide bonds. The number of hydrogen-bond donors (Lipinski definition) is 2. The molecule has 0 aliphatic rings. The van der Waals surface area contributed by atoms with Gasteiger partial charge < -0.3 is 5.11 Å². The van der Waals surface area contributed by atoms with Gasteiger partial charge in [-0.3, -0.25) is 14.9 Å². The monoisotopic (exact) mass is 205 g/mol. The molecule has 2 rings (SSSR count). The molecule has 0 aliphatic carbocycles. The summed E-state index contributed by atoms with van der Waals surface area (Å²) in [4.78, 5) is 14.9. The molecule has 0 radical (unpaired) electrons. The van der Waals surface area contributed by atoms with Gasteiger partial charge in [-0.25, -0.2) is 0 Å². The lowest BCUT2D eigenvalue weighted by Gasteiger charge is -2.02. The van der Waals surface area contributed by atoms with Crippen molar-refractivity contribution in [2.75, 3.05) is 0 Å². The van der Waals surface area contributed by atoms with Gasteiger partial charge in [0.25, 0.3) is 0 Å². The smallest absolute Gasteiger partial charge is 0.306 e. The number of aromatic amines is 1. The van der Waals surface area contributed by atoms with Crippen molar-refractivity contribution in [3.8, 4) is 0 Å². The van der Waals surface area contributed by atoms with E-state index in [9.17, 15) is 4.79 Å². The van der Waals surface area contributed by atoms with Gasteiger partial charge in [0.15, 0.2) is 0 Å². The van der Waals surface area contributed by atoms with Crippen molar-refractivity contribution in [3.63, 3.8) is 0 Å². The van der Waals surface area contributed by atoms with Crippen molar-refractivity contribution in [2.24, 2.45) is 5.92 Å². The molecule has 5 nitrogen and oxygen atoms in total. The van der Waals surface area contributed by atoms with E-state index >= 15 is 0 Å². The van der Waals surface area contributed by atoms with E-state index in [1.54, 1.807) is 19.2 Å². The number of carboxylic acids is 1. The quantitative estimate of drug-likeness (QED) is 0.789. The zero-order valence-corrected chi connectivity index (χ0v) is 8.27. The Bertz CT molecular complexity index is 492. The molecule has 0 spiro atoms. The average molecular weight is 205 g/mol. The molecule has 0 aliphatic heterocycles. The second kappa shape index (κ2) is 3.68. The summed E-state index contributed by atoms with van der Waals surface area (Å²) in [6.45, 7) is 1.66. The summed E-state index contributed by atoms with van der Waals surface area (Å²) >= 11 is 0. The lowest BCUT2D eigenvalue weighted by atomic mass is 10.1. The highest BCUT2D eigenvalue weighted by molar-refractivity contribution is 5.77. The number of rotatable bonds is 3. The molecule has 0 aromatic carbocycles. The van der Waals surface area contributed by atoms with E-state index < -0.39 is 11.9 Å². The molecule has 5 heteroatoms. The summed E-state index contributed by atoms with van der Waals surface area (Å²) in [7, 11) is 0. The van der Waals surface area contributed by atoms with Crippen LogP contribution in [0.1, 0.15) is 12.6 Å². The number of hydrogen-bond acceptors (Lipinski definition) is 3. The lowest BCUT2D eigenvalue weighted by Crippen LogP contribution is -2.12. The topological polar surface area (TPSA) is 78.9 Å². The number of H-pyrrole nitrogens is 1. The van der Waals surface area contributed by atoms with E-state index in [1.807, 2.05) is 6.07 Å². The van der Waals surface area contributed by atoms with Crippen LogP contribution in [0.5, 0.6) is 0 Å². The minimum atomic E-state index is -0.811. The van der Waals surface area contributed by atoms with Crippen LogP contribution in [0.2, 0.25) is 0 Å². The van der Waals surface area contributed by atoms with Gasteiger partial charge in [-0.2, -0.15) is 5.10 Å². The van der Waals surface area contributed by atoms with Crippen LogP contribution in [0.15, 0.2) is 18.3 Å². The average Bonchev–Trinajstić information content (AvgIpc) is 2.62. The molecule has 78 valence electrons. The maximum Gasteiger partial charge on any atom is 0.306 e. The summed E-state index contributed by atoms with van der Waals surface area (Å²) < 4.78 is 0. The van der Waals surface area contributed by atoms with Gasteiger partial charge in [0.05, 0.1) is 11.6 Å². The summed E-state index contributed by atoms with van der Waals surface area (Å²) in [5.74, 6) is -1.25. The van der Waals surface area contributed by atoms with Gasteiger partial charge in [0.2, 0.25) is 0 Å². The summed E-state index contributed by atoms with van der Waals surface area (Å²) in [5.41, 5.74) is 2.30. The first kappa shape index (κ1) is 9.64. The number of nitrogens with zero attached hydrogens (tertiary/aromatic N) is 2. The van der Waals surface area contributed by atoms with E-state index in [0.29, 0.717) is 6.42 Å². The van der Waals surface area contributed by atoms with E-state index in [0.717, 1.165) is 16.7 Å². The van der Waals surface area contributed by atoms with Crippen LogP contribution in [0.3, 0.4) is 0 Å². The summed E-state index contributed by atoms with van der Waals surface area (Å²) in [6, 6.07) is 3.64. The Morgan fingerprint density at radius 1 is 1.67 bits per heavy atom. The van der Waals surface area contributed by atoms with E-state index in [1.165, 1.54) is 0 Å². The van der Waals surface area contributed by atoms with Crippen LogP contribution in [-0.2, 0) is 11.2 Å². The molecule has 1 unspecified atom stereocenters. The van der Waals surface area contributed by atoms with Gasteiger partial charge in [-0.15, -0.1) is 0 Å². The first-order valence-electron chi connectivity index (χ1n) is 4.69. The molecule has 15 heavy (non-hydrogen) atoms. The standard InChI is InChI=1S/C10H11N3O2/c1-6(10(14)15)5-8-9-7(12-13-8)3-2-4-11-9/h2-4,6H,5H2,1H3,(H,12,13)(H,14,15). The maximum absolute atomic E-state index is 10.7. The second-order valence-electron chi connectivity index (χ2n) is 3.52. The molecule has 0 fully saturated rings. The van der Waals surface area contributed by atoms with Gasteiger partial charge in [0, 0.05) is 12.6 Å². The van der Waals surface area contributed by atoms with Crippen molar-refractivity contribution >= 4 is 17.0 Å². The predicted octanol–water partition coefficient (Wildman–Crippen LogP) is 1.22. The number of pyridine rings is 1. The van der Waals surface area contributed by atoms with E-state index in [-0.39, 0.29) is 0 Å².